The van der Waals surface area contributed by atoms with Crippen molar-refractivity contribution in [3.05, 3.63) is 27.9 Å². The molecule has 2 fully saturated rings. The molecule has 7 heteroatoms. The molecule has 0 amide bonds. The highest BCUT2D eigenvalue weighted by atomic mass is 16.6. The molecule has 0 radical (unpaired) electrons. The van der Waals surface area contributed by atoms with E-state index in [4.69, 9.17) is 0 Å². The number of nitrogens with one attached hydrogen (secondary N) is 1. The number of anilines is 1. The molecule has 2 saturated heterocycles. The molecule has 0 bridgehead atoms. The van der Waals surface area contributed by atoms with Gasteiger partial charge in [0.1, 0.15) is 23.6 Å². The SMILES string of the molecule is CC1C2CNCC2CN1c1ncc([N+](=O)[O-])cc1C#N. The van der Waals surface area contributed by atoms with Gasteiger partial charge in [0.05, 0.1) is 4.92 Å². The third-order valence-corrected chi connectivity index (χ3v) is 4.39. The molecule has 2 aliphatic heterocycles. The van der Waals surface area contributed by atoms with E-state index in [0.717, 1.165) is 19.6 Å². The number of nitrogens with zero attached hydrogens (tertiary/aromatic N) is 4. The average molecular weight is 273 g/mol. The highest BCUT2D eigenvalue weighted by Gasteiger charge is 2.43. The summed E-state index contributed by atoms with van der Waals surface area (Å²) in [4.78, 5) is 16.5. The molecule has 1 aromatic heterocycles. The van der Waals surface area contributed by atoms with Crippen molar-refractivity contribution in [2.75, 3.05) is 24.5 Å². The van der Waals surface area contributed by atoms with Gasteiger partial charge < -0.3 is 10.2 Å². The first-order valence-corrected chi connectivity index (χ1v) is 6.63. The molecule has 3 atom stereocenters. The molecule has 3 unspecified atom stereocenters. The monoisotopic (exact) mass is 273 g/mol. The predicted octanol–water partition coefficient (Wildman–Crippen LogP) is 0.906. The lowest BCUT2D eigenvalue weighted by Crippen LogP contribution is -2.34. The van der Waals surface area contributed by atoms with Crippen molar-refractivity contribution in [3.8, 4) is 6.07 Å². The van der Waals surface area contributed by atoms with E-state index in [2.05, 4.69) is 22.1 Å². The van der Waals surface area contributed by atoms with Crippen LogP contribution < -0.4 is 10.2 Å². The van der Waals surface area contributed by atoms with Gasteiger partial charge in [-0.3, -0.25) is 10.1 Å². The molecule has 0 spiro atoms. The van der Waals surface area contributed by atoms with Crippen LogP contribution in [0.1, 0.15) is 12.5 Å². The molecule has 1 aromatic rings. The van der Waals surface area contributed by atoms with Crippen LogP contribution in [0, 0.1) is 33.3 Å². The second-order valence-electron chi connectivity index (χ2n) is 5.41. The summed E-state index contributed by atoms with van der Waals surface area (Å²) in [6.45, 7) is 4.94. The van der Waals surface area contributed by atoms with Gasteiger partial charge in [-0.1, -0.05) is 0 Å². The van der Waals surface area contributed by atoms with Crippen LogP contribution in [0.4, 0.5) is 11.5 Å². The summed E-state index contributed by atoms with van der Waals surface area (Å²) in [5.74, 6) is 1.69. The number of pyridine rings is 1. The van der Waals surface area contributed by atoms with Crippen LogP contribution in [-0.2, 0) is 0 Å². The van der Waals surface area contributed by atoms with Gasteiger partial charge in [0, 0.05) is 31.7 Å². The maximum atomic E-state index is 10.8. The molecule has 0 aliphatic carbocycles. The van der Waals surface area contributed by atoms with E-state index in [1.807, 2.05) is 6.07 Å². The summed E-state index contributed by atoms with van der Waals surface area (Å²) in [5, 5.41) is 23.4. The van der Waals surface area contributed by atoms with Gasteiger partial charge >= 0.3 is 0 Å². The maximum absolute atomic E-state index is 10.8. The number of hydrogen-bond acceptors (Lipinski definition) is 6. The molecule has 0 saturated carbocycles. The molecule has 3 heterocycles. The molecule has 2 aliphatic rings. The Bertz CT molecular complexity index is 597. The molecule has 20 heavy (non-hydrogen) atoms. The first-order valence-electron chi connectivity index (χ1n) is 6.63. The zero-order valence-corrected chi connectivity index (χ0v) is 11.1. The first kappa shape index (κ1) is 12.8. The summed E-state index contributed by atoms with van der Waals surface area (Å²) in [5.41, 5.74) is 0.137. The van der Waals surface area contributed by atoms with E-state index < -0.39 is 4.92 Å². The standard InChI is InChI=1S/C13H15N5O2/c1-8-12-6-15-4-10(12)7-17(8)13-9(3-14)2-11(5-16-13)18(19)20/h2,5,8,10,12,15H,4,6-7H2,1H3. The molecule has 7 nitrogen and oxygen atoms in total. The van der Waals surface area contributed by atoms with E-state index in [0.29, 0.717) is 17.7 Å². The van der Waals surface area contributed by atoms with E-state index >= 15 is 0 Å². The van der Waals surface area contributed by atoms with Crippen molar-refractivity contribution in [1.82, 2.24) is 10.3 Å². The number of hydrogen-bond donors (Lipinski definition) is 1. The number of rotatable bonds is 2. The van der Waals surface area contributed by atoms with E-state index in [-0.39, 0.29) is 17.3 Å². The Morgan fingerprint density at radius 3 is 3.05 bits per heavy atom. The van der Waals surface area contributed by atoms with Gasteiger partial charge in [0.25, 0.3) is 5.69 Å². The minimum absolute atomic E-state index is 0.140. The lowest BCUT2D eigenvalue weighted by Gasteiger charge is -2.26. The van der Waals surface area contributed by atoms with Gasteiger partial charge in [0.2, 0.25) is 0 Å². The second-order valence-corrected chi connectivity index (χ2v) is 5.41. The fourth-order valence-electron chi connectivity index (χ4n) is 3.30. The molecular formula is C13H15N5O2. The normalized spacial score (nSPS) is 28.2. The van der Waals surface area contributed by atoms with Crippen LogP contribution >= 0.6 is 0 Å². The minimum Gasteiger partial charge on any atom is -0.352 e. The Labute approximate surface area is 116 Å². The lowest BCUT2D eigenvalue weighted by molar-refractivity contribution is -0.385. The van der Waals surface area contributed by atoms with Crippen molar-refractivity contribution in [1.29, 1.82) is 5.26 Å². The fraction of sp³-hybridized carbons (Fsp3) is 0.538. The van der Waals surface area contributed by atoms with Gasteiger partial charge in [-0.05, 0) is 18.8 Å². The van der Waals surface area contributed by atoms with Crippen LogP contribution in [0.2, 0.25) is 0 Å². The van der Waals surface area contributed by atoms with Gasteiger partial charge in [-0.15, -0.1) is 0 Å². The number of nitriles is 1. The van der Waals surface area contributed by atoms with Crippen molar-refractivity contribution in [2.45, 2.75) is 13.0 Å². The van der Waals surface area contributed by atoms with E-state index in [1.165, 1.54) is 12.3 Å². The first-order chi connectivity index (χ1) is 9.61. The van der Waals surface area contributed by atoms with Crippen LogP contribution in [-0.4, -0.2) is 35.6 Å². The maximum Gasteiger partial charge on any atom is 0.289 e. The zero-order valence-electron chi connectivity index (χ0n) is 11.1. The van der Waals surface area contributed by atoms with E-state index in [1.54, 1.807) is 0 Å². The minimum atomic E-state index is -0.524. The van der Waals surface area contributed by atoms with Crippen molar-refractivity contribution >= 4 is 11.5 Å². The van der Waals surface area contributed by atoms with Crippen LogP contribution in [0.15, 0.2) is 12.3 Å². The molecule has 0 aromatic carbocycles. The number of aromatic nitrogens is 1. The number of fused-ring (bicyclic) bond motifs is 1. The second kappa shape index (κ2) is 4.72. The van der Waals surface area contributed by atoms with Crippen LogP contribution in [0.3, 0.4) is 0 Å². The summed E-state index contributed by atoms with van der Waals surface area (Å²) in [6.07, 6.45) is 1.23. The van der Waals surface area contributed by atoms with Crippen molar-refractivity contribution in [2.24, 2.45) is 11.8 Å². The highest BCUT2D eigenvalue weighted by Crippen LogP contribution is 2.36. The summed E-state index contributed by atoms with van der Waals surface area (Å²) in [7, 11) is 0. The Hall–Kier alpha value is -2.20. The number of nitro groups is 1. The smallest absolute Gasteiger partial charge is 0.289 e. The molecule has 3 rings (SSSR count). The highest BCUT2D eigenvalue weighted by molar-refractivity contribution is 5.58. The Balaban J connectivity index is 1.95. The third kappa shape index (κ3) is 1.89. The largest absolute Gasteiger partial charge is 0.352 e. The third-order valence-electron chi connectivity index (χ3n) is 4.39. The predicted molar refractivity (Wildman–Crippen MR) is 72.3 cm³/mol. The molecule has 104 valence electrons. The molecular weight excluding hydrogens is 258 g/mol. The summed E-state index contributed by atoms with van der Waals surface area (Å²) >= 11 is 0. The van der Waals surface area contributed by atoms with Crippen molar-refractivity contribution in [3.63, 3.8) is 0 Å². The Morgan fingerprint density at radius 2 is 2.40 bits per heavy atom. The molecule has 1 N–H and O–H groups in total. The van der Waals surface area contributed by atoms with Gasteiger partial charge in [-0.25, -0.2) is 4.98 Å². The average Bonchev–Trinajstić information content (AvgIpc) is 3.01. The lowest BCUT2D eigenvalue weighted by atomic mass is 9.95. The Kier molecular flexibility index (Phi) is 3.03. The van der Waals surface area contributed by atoms with Gasteiger partial charge in [0.15, 0.2) is 0 Å². The summed E-state index contributed by atoms with van der Waals surface area (Å²) in [6, 6.07) is 3.62. The Morgan fingerprint density at radius 1 is 1.60 bits per heavy atom. The van der Waals surface area contributed by atoms with E-state index in [9.17, 15) is 15.4 Å². The van der Waals surface area contributed by atoms with Crippen LogP contribution in [0.5, 0.6) is 0 Å². The summed E-state index contributed by atoms with van der Waals surface area (Å²) < 4.78 is 0. The van der Waals surface area contributed by atoms with Crippen molar-refractivity contribution < 1.29 is 4.92 Å². The van der Waals surface area contributed by atoms with Crippen LogP contribution in [0.25, 0.3) is 0 Å². The topological polar surface area (TPSA) is 95.1 Å². The van der Waals surface area contributed by atoms with Gasteiger partial charge in [-0.2, -0.15) is 5.26 Å². The quantitative estimate of drug-likeness (QED) is 0.635. The fourth-order valence-corrected chi connectivity index (χ4v) is 3.30. The zero-order chi connectivity index (χ0) is 14.3.